The first-order valence-corrected chi connectivity index (χ1v) is 8.85. The molecular weight excluding hydrogens is 348 g/mol. The number of nitrogens with zero attached hydrogens (tertiary/aromatic N) is 1. The van der Waals surface area contributed by atoms with Crippen molar-refractivity contribution in [3.8, 4) is 0 Å². The lowest BCUT2D eigenvalue weighted by molar-refractivity contribution is 0.0790. The number of amides is 1. The Kier molecular flexibility index (Phi) is 3.97. The molecule has 1 aromatic carbocycles. The Balaban J connectivity index is 1.90. The van der Waals surface area contributed by atoms with Gasteiger partial charge in [0, 0.05) is 27.6 Å². The zero-order chi connectivity index (χ0) is 15.1. The molecule has 1 unspecified atom stereocenters. The van der Waals surface area contributed by atoms with Gasteiger partial charge in [0.25, 0.3) is 5.91 Å². The molecule has 1 fully saturated rings. The number of thiophene rings is 1. The number of nitrogen functional groups attached to an aromatic ring is 1. The summed E-state index contributed by atoms with van der Waals surface area (Å²) in [5.74, 6) is 1.32. The first kappa shape index (κ1) is 14.9. The number of fused-ring (bicyclic) bond motifs is 1. The van der Waals surface area contributed by atoms with Crippen molar-refractivity contribution in [2.45, 2.75) is 20.3 Å². The molecule has 3 nitrogen and oxygen atoms in total. The quantitative estimate of drug-likeness (QED) is 0.857. The number of hydrogen-bond acceptors (Lipinski definition) is 3. The maximum atomic E-state index is 12.7. The fourth-order valence-electron chi connectivity index (χ4n) is 2.91. The lowest BCUT2D eigenvalue weighted by Gasteiger charge is -2.17. The Morgan fingerprint density at radius 2 is 2.24 bits per heavy atom. The smallest absolute Gasteiger partial charge is 0.266 e. The van der Waals surface area contributed by atoms with Gasteiger partial charge in [0.05, 0.1) is 5.69 Å². The minimum absolute atomic E-state index is 0.0907. The van der Waals surface area contributed by atoms with Crippen molar-refractivity contribution in [3.63, 3.8) is 0 Å². The molecular formula is C16H19BrN2OS. The molecule has 1 saturated heterocycles. The van der Waals surface area contributed by atoms with Crippen molar-refractivity contribution >= 4 is 48.9 Å². The molecule has 0 bridgehead atoms. The average Bonchev–Trinajstić information content (AvgIpc) is 3.04. The van der Waals surface area contributed by atoms with E-state index < -0.39 is 0 Å². The second kappa shape index (κ2) is 5.61. The molecule has 1 atom stereocenters. The number of nitrogens with two attached hydrogens (primary N) is 1. The number of rotatable bonds is 2. The molecule has 0 spiro atoms. The van der Waals surface area contributed by atoms with Crippen molar-refractivity contribution < 1.29 is 4.79 Å². The Morgan fingerprint density at radius 3 is 2.90 bits per heavy atom. The zero-order valence-electron chi connectivity index (χ0n) is 12.2. The lowest BCUT2D eigenvalue weighted by atomic mass is 9.95. The van der Waals surface area contributed by atoms with E-state index in [1.807, 2.05) is 23.1 Å². The molecule has 1 aliphatic rings. The standard InChI is InChI=1S/C16H19BrN2OS/c1-9(2)10-5-6-19(8-10)16(20)15-14(18)12-7-11(17)3-4-13(12)21-15/h3-4,7,9-10H,5-6,8,18H2,1-2H3. The van der Waals surface area contributed by atoms with E-state index in [0.29, 0.717) is 22.4 Å². The average molecular weight is 367 g/mol. The van der Waals surface area contributed by atoms with Gasteiger partial charge in [-0.15, -0.1) is 11.3 Å². The molecule has 5 heteroatoms. The van der Waals surface area contributed by atoms with E-state index in [0.717, 1.165) is 34.1 Å². The Morgan fingerprint density at radius 1 is 1.48 bits per heavy atom. The molecule has 112 valence electrons. The van der Waals surface area contributed by atoms with E-state index in [-0.39, 0.29) is 5.91 Å². The van der Waals surface area contributed by atoms with E-state index >= 15 is 0 Å². The molecule has 2 N–H and O–H groups in total. The van der Waals surface area contributed by atoms with Crippen LogP contribution in [0.25, 0.3) is 10.1 Å². The van der Waals surface area contributed by atoms with Crippen LogP contribution >= 0.6 is 27.3 Å². The summed E-state index contributed by atoms with van der Waals surface area (Å²) >= 11 is 4.96. The molecule has 3 rings (SSSR count). The molecule has 0 saturated carbocycles. The van der Waals surface area contributed by atoms with E-state index in [4.69, 9.17) is 5.73 Å². The second-order valence-electron chi connectivity index (χ2n) is 6.03. The molecule has 0 radical (unpaired) electrons. The summed E-state index contributed by atoms with van der Waals surface area (Å²) in [5, 5.41) is 0.970. The molecule has 2 aromatic rings. The third-order valence-corrected chi connectivity index (χ3v) is 6.01. The maximum absolute atomic E-state index is 12.7. The van der Waals surface area contributed by atoms with Gasteiger partial charge >= 0.3 is 0 Å². The van der Waals surface area contributed by atoms with Crippen LogP contribution in [-0.2, 0) is 0 Å². The SMILES string of the molecule is CC(C)C1CCN(C(=O)c2sc3ccc(Br)cc3c2N)C1. The van der Waals surface area contributed by atoms with Crippen molar-refractivity contribution in [2.24, 2.45) is 11.8 Å². The van der Waals surface area contributed by atoms with Gasteiger partial charge in [0.2, 0.25) is 0 Å². The van der Waals surface area contributed by atoms with Gasteiger partial charge in [-0.1, -0.05) is 29.8 Å². The summed E-state index contributed by atoms with van der Waals surface area (Å²) in [6.45, 7) is 6.15. The Hall–Kier alpha value is -1.07. The van der Waals surface area contributed by atoms with Gasteiger partial charge in [-0.2, -0.15) is 0 Å². The minimum Gasteiger partial charge on any atom is -0.397 e. The van der Waals surface area contributed by atoms with Crippen LogP contribution in [0.5, 0.6) is 0 Å². The van der Waals surface area contributed by atoms with Crippen LogP contribution < -0.4 is 5.73 Å². The van der Waals surface area contributed by atoms with Crippen molar-refractivity contribution in [2.75, 3.05) is 18.8 Å². The molecule has 1 aromatic heterocycles. The van der Waals surface area contributed by atoms with Crippen molar-refractivity contribution in [1.82, 2.24) is 4.90 Å². The summed E-state index contributed by atoms with van der Waals surface area (Å²) in [4.78, 5) is 15.4. The van der Waals surface area contributed by atoms with Gasteiger partial charge < -0.3 is 10.6 Å². The maximum Gasteiger partial charge on any atom is 0.266 e. The Bertz CT molecular complexity index is 695. The molecule has 21 heavy (non-hydrogen) atoms. The summed E-state index contributed by atoms with van der Waals surface area (Å²) < 4.78 is 2.05. The molecule has 1 amide bonds. The highest BCUT2D eigenvalue weighted by Crippen LogP contribution is 2.37. The third-order valence-electron chi connectivity index (χ3n) is 4.34. The largest absolute Gasteiger partial charge is 0.397 e. The fraction of sp³-hybridized carbons (Fsp3) is 0.438. The van der Waals surface area contributed by atoms with Gasteiger partial charge in [-0.05, 0) is 36.5 Å². The zero-order valence-corrected chi connectivity index (χ0v) is 14.6. The molecule has 0 aliphatic carbocycles. The fourth-order valence-corrected chi connectivity index (χ4v) is 4.34. The molecule has 2 heterocycles. The highest BCUT2D eigenvalue weighted by Gasteiger charge is 2.30. The van der Waals surface area contributed by atoms with Gasteiger partial charge in [-0.25, -0.2) is 0 Å². The van der Waals surface area contributed by atoms with E-state index in [1.165, 1.54) is 11.3 Å². The predicted molar refractivity (Wildman–Crippen MR) is 92.8 cm³/mol. The Labute approximate surface area is 137 Å². The monoisotopic (exact) mass is 366 g/mol. The number of hydrogen-bond donors (Lipinski definition) is 1. The summed E-state index contributed by atoms with van der Waals surface area (Å²) in [6.07, 6.45) is 1.10. The number of carbonyl (C=O) groups is 1. The van der Waals surface area contributed by atoms with Crippen LogP contribution in [0.2, 0.25) is 0 Å². The predicted octanol–water partition coefficient (Wildman–Crippen LogP) is 4.36. The first-order valence-electron chi connectivity index (χ1n) is 7.24. The lowest BCUT2D eigenvalue weighted by Crippen LogP contribution is -2.29. The second-order valence-corrected chi connectivity index (χ2v) is 8.00. The van der Waals surface area contributed by atoms with Crippen LogP contribution in [0.4, 0.5) is 5.69 Å². The number of likely N-dealkylation sites (tertiary alicyclic amines) is 1. The van der Waals surface area contributed by atoms with Gasteiger partial charge in [-0.3, -0.25) is 4.79 Å². The van der Waals surface area contributed by atoms with E-state index in [1.54, 1.807) is 0 Å². The summed E-state index contributed by atoms with van der Waals surface area (Å²) in [7, 11) is 0. The van der Waals surface area contributed by atoms with Crippen molar-refractivity contribution in [3.05, 3.63) is 27.5 Å². The highest BCUT2D eigenvalue weighted by atomic mass is 79.9. The van der Waals surface area contributed by atoms with E-state index in [2.05, 4.69) is 29.8 Å². The topological polar surface area (TPSA) is 46.3 Å². The van der Waals surface area contributed by atoms with Crippen molar-refractivity contribution in [1.29, 1.82) is 0 Å². The summed E-state index contributed by atoms with van der Waals surface area (Å²) in [5.41, 5.74) is 6.83. The number of carbonyl (C=O) groups excluding carboxylic acids is 1. The highest BCUT2D eigenvalue weighted by molar-refractivity contribution is 9.10. The van der Waals surface area contributed by atoms with E-state index in [9.17, 15) is 4.79 Å². The third kappa shape index (κ3) is 2.69. The van der Waals surface area contributed by atoms with Crippen LogP contribution in [-0.4, -0.2) is 23.9 Å². The van der Waals surface area contributed by atoms with Gasteiger partial charge in [0.1, 0.15) is 4.88 Å². The minimum atomic E-state index is 0.0907. The van der Waals surface area contributed by atoms with Crippen LogP contribution in [0.15, 0.2) is 22.7 Å². The first-order chi connectivity index (χ1) is 9.97. The number of anilines is 1. The van der Waals surface area contributed by atoms with Gasteiger partial charge in [0.15, 0.2) is 0 Å². The summed E-state index contributed by atoms with van der Waals surface area (Å²) in [6, 6.07) is 5.98. The van der Waals surface area contributed by atoms with Crippen LogP contribution in [0, 0.1) is 11.8 Å². The van der Waals surface area contributed by atoms with Crippen LogP contribution in [0.3, 0.4) is 0 Å². The normalized spacial score (nSPS) is 18.9. The number of benzene rings is 1. The molecule has 1 aliphatic heterocycles. The number of halogens is 1. The van der Waals surface area contributed by atoms with Crippen LogP contribution in [0.1, 0.15) is 29.9 Å².